The topological polar surface area (TPSA) is 106 Å². The average molecular weight is 472 g/mol. The number of ether oxygens (including phenoxy) is 1. The van der Waals surface area contributed by atoms with E-state index < -0.39 is 0 Å². The SMILES string of the molecule is Cc1cccnc1C(=O)Nc1cccc(Oc2ccc3nc(Nc4ccnc(Cl)n4)cn3c2)c1. The molecule has 5 aromatic rings. The van der Waals surface area contributed by atoms with Crippen LogP contribution in [-0.2, 0) is 0 Å². The van der Waals surface area contributed by atoms with Gasteiger partial charge in [-0.15, -0.1) is 0 Å². The minimum absolute atomic E-state index is 0.151. The molecule has 0 saturated heterocycles. The minimum Gasteiger partial charge on any atom is -0.456 e. The Kier molecular flexibility index (Phi) is 5.75. The minimum atomic E-state index is -0.278. The third-order valence-electron chi connectivity index (χ3n) is 4.86. The van der Waals surface area contributed by atoms with Crippen molar-refractivity contribution in [1.29, 1.82) is 0 Å². The number of nitrogens with zero attached hydrogens (tertiary/aromatic N) is 5. The van der Waals surface area contributed by atoms with Gasteiger partial charge in [0.2, 0.25) is 5.28 Å². The van der Waals surface area contributed by atoms with Crippen LogP contribution in [0.4, 0.5) is 17.3 Å². The Hall–Kier alpha value is -4.50. The second kappa shape index (κ2) is 9.16. The Morgan fingerprint density at radius 1 is 0.941 bits per heavy atom. The third-order valence-corrected chi connectivity index (χ3v) is 5.04. The van der Waals surface area contributed by atoms with E-state index in [9.17, 15) is 4.79 Å². The maximum absolute atomic E-state index is 12.6. The zero-order valence-corrected chi connectivity index (χ0v) is 18.7. The normalized spacial score (nSPS) is 10.8. The van der Waals surface area contributed by atoms with Crippen molar-refractivity contribution in [2.75, 3.05) is 10.6 Å². The Balaban J connectivity index is 1.31. The van der Waals surface area contributed by atoms with Gasteiger partial charge in [-0.2, -0.15) is 0 Å². The van der Waals surface area contributed by atoms with Gasteiger partial charge >= 0.3 is 0 Å². The lowest BCUT2D eigenvalue weighted by atomic mass is 10.2. The van der Waals surface area contributed by atoms with E-state index in [2.05, 4.69) is 30.6 Å². The highest BCUT2D eigenvalue weighted by molar-refractivity contribution is 6.28. The van der Waals surface area contributed by atoms with Crippen LogP contribution in [0.1, 0.15) is 16.1 Å². The van der Waals surface area contributed by atoms with Crippen molar-refractivity contribution in [1.82, 2.24) is 24.3 Å². The molecule has 0 radical (unpaired) electrons. The first-order valence-electron chi connectivity index (χ1n) is 10.3. The van der Waals surface area contributed by atoms with Crippen molar-refractivity contribution >= 4 is 40.5 Å². The Morgan fingerprint density at radius 2 is 1.85 bits per heavy atom. The van der Waals surface area contributed by atoms with Crippen LogP contribution in [-0.4, -0.2) is 30.2 Å². The summed E-state index contributed by atoms with van der Waals surface area (Å²) < 4.78 is 7.84. The van der Waals surface area contributed by atoms with Crippen LogP contribution in [0.15, 0.2) is 79.4 Å². The van der Waals surface area contributed by atoms with Gasteiger partial charge in [0.15, 0.2) is 5.82 Å². The molecule has 5 rings (SSSR count). The summed E-state index contributed by atoms with van der Waals surface area (Å²) in [6.07, 6.45) is 6.78. The molecule has 0 aliphatic rings. The summed E-state index contributed by atoms with van der Waals surface area (Å²) in [5.74, 6) is 2.04. The van der Waals surface area contributed by atoms with Gasteiger partial charge in [-0.05, 0) is 60.5 Å². The van der Waals surface area contributed by atoms with Crippen molar-refractivity contribution in [3.8, 4) is 11.5 Å². The molecule has 0 bridgehead atoms. The van der Waals surface area contributed by atoms with E-state index in [1.165, 1.54) is 0 Å². The molecule has 0 aliphatic heterocycles. The van der Waals surface area contributed by atoms with E-state index in [0.29, 0.717) is 34.5 Å². The predicted octanol–water partition coefficient (Wildman–Crippen LogP) is 5.27. The van der Waals surface area contributed by atoms with Crippen molar-refractivity contribution in [3.63, 3.8) is 0 Å². The standard InChI is InChI=1S/C24H18ClN7O2/c1-15-4-3-10-26-22(15)23(33)28-16-5-2-6-17(12-16)34-18-7-8-21-30-20(14-32(21)13-18)29-19-9-11-27-24(25)31-19/h2-14H,1H3,(H,28,33)(H,27,29,31). The maximum atomic E-state index is 12.6. The monoisotopic (exact) mass is 471 g/mol. The summed E-state index contributed by atoms with van der Waals surface area (Å²) >= 11 is 5.83. The smallest absolute Gasteiger partial charge is 0.274 e. The van der Waals surface area contributed by atoms with Gasteiger partial charge < -0.3 is 19.8 Å². The molecule has 1 aromatic carbocycles. The number of hydrogen-bond donors (Lipinski definition) is 2. The van der Waals surface area contributed by atoms with Crippen LogP contribution < -0.4 is 15.4 Å². The molecule has 34 heavy (non-hydrogen) atoms. The molecule has 1 amide bonds. The number of imidazole rings is 1. The van der Waals surface area contributed by atoms with Crippen LogP contribution in [0, 0.1) is 6.92 Å². The van der Waals surface area contributed by atoms with Crippen molar-refractivity contribution in [2.24, 2.45) is 0 Å². The first-order valence-corrected chi connectivity index (χ1v) is 10.7. The van der Waals surface area contributed by atoms with Crippen LogP contribution >= 0.6 is 11.6 Å². The third kappa shape index (κ3) is 4.79. The van der Waals surface area contributed by atoms with Gasteiger partial charge in [0.25, 0.3) is 5.91 Å². The lowest BCUT2D eigenvalue weighted by Gasteiger charge is -2.10. The highest BCUT2D eigenvalue weighted by Crippen LogP contribution is 2.26. The first kappa shape index (κ1) is 21.4. The van der Waals surface area contributed by atoms with E-state index >= 15 is 0 Å². The van der Waals surface area contributed by atoms with Crippen LogP contribution in [0.2, 0.25) is 5.28 Å². The Labute approximate surface area is 199 Å². The van der Waals surface area contributed by atoms with Crippen LogP contribution in [0.25, 0.3) is 5.65 Å². The number of fused-ring (bicyclic) bond motifs is 1. The Morgan fingerprint density at radius 3 is 2.71 bits per heavy atom. The first-order chi connectivity index (χ1) is 16.5. The number of aromatic nitrogens is 5. The number of pyridine rings is 2. The summed E-state index contributed by atoms with van der Waals surface area (Å²) in [7, 11) is 0. The van der Waals surface area contributed by atoms with Gasteiger partial charge in [-0.25, -0.2) is 15.0 Å². The fraction of sp³-hybridized carbons (Fsp3) is 0.0417. The van der Waals surface area contributed by atoms with Crippen molar-refractivity contribution in [3.05, 3.63) is 95.9 Å². The highest BCUT2D eigenvalue weighted by Gasteiger charge is 2.11. The lowest BCUT2D eigenvalue weighted by molar-refractivity contribution is 0.102. The molecule has 10 heteroatoms. The zero-order chi connectivity index (χ0) is 23.5. The predicted molar refractivity (Wildman–Crippen MR) is 129 cm³/mol. The number of hydrogen-bond acceptors (Lipinski definition) is 7. The molecular formula is C24H18ClN7O2. The molecule has 0 spiro atoms. The van der Waals surface area contributed by atoms with E-state index in [-0.39, 0.29) is 11.2 Å². The van der Waals surface area contributed by atoms with Crippen LogP contribution in [0.5, 0.6) is 11.5 Å². The number of carbonyl (C=O) groups is 1. The van der Waals surface area contributed by atoms with Crippen molar-refractivity contribution < 1.29 is 9.53 Å². The molecule has 2 N–H and O–H groups in total. The summed E-state index contributed by atoms with van der Waals surface area (Å²) in [5, 5.41) is 6.10. The molecule has 0 aliphatic carbocycles. The number of anilines is 3. The van der Waals surface area contributed by atoms with Gasteiger partial charge in [0.05, 0.1) is 12.4 Å². The summed E-state index contributed by atoms with van der Waals surface area (Å²) in [6.45, 7) is 1.84. The summed E-state index contributed by atoms with van der Waals surface area (Å²) in [6, 6.07) is 16.1. The quantitative estimate of drug-likeness (QED) is 0.325. The number of nitrogens with one attached hydrogen (secondary N) is 2. The zero-order valence-electron chi connectivity index (χ0n) is 17.9. The molecule has 9 nitrogen and oxygen atoms in total. The van der Waals surface area contributed by atoms with Gasteiger partial charge in [0, 0.05) is 24.1 Å². The maximum Gasteiger partial charge on any atom is 0.274 e. The number of amides is 1. The number of rotatable bonds is 6. The molecule has 0 atom stereocenters. The second-order valence-corrected chi connectivity index (χ2v) is 7.68. The largest absolute Gasteiger partial charge is 0.456 e. The molecule has 4 heterocycles. The summed E-state index contributed by atoms with van der Waals surface area (Å²) in [5.41, 5.74) is 2.51. The van der Waals surface area contributed by atoms with Gasteiger partial charge in [0.1, 0.15) is 28.7 Å². The second-order valence-electron chi connectivity index (χ2n) is 7.35. The van der Waals surface area contributed by atoms with E-state index in [1.54, 1.807) is 42.7 Å². The van der Waals surface area contributed by atoms with Gasteiger partial charge in [-0.1, -0.05) is 12.1 Å². The number of carbonyl (C=O) groups excluding carboxylic acids is 1. The Bertz CT molecular complexity index is 1500. The number of benzene rings is 1. The van der Waals surface area contributed by atoms with E-state index in [4.69, 9.17) is 16.3 Å². The molecular weight excluding hydrogens is 454 g/mol. The molecule has 0 saturated carbocycles. The van der Waals surface area contributed by atoms with Gasteiger partial charge in [-0.3, -0.25) is 9.78 Å². The number of aryl methyl sites for hydroxylation is 1. The summed E-state index contributed by atoms with van der Waals surface area (Å²) in [4.78, 5) is 29.2. The van der Waals surface area contributed by atoms with Crippen LogP contribution in [0.3, 0.4) is 0 Å². The molecule has 168 valence electrons. The van der Waals surface area contributed by atoms with Crippen molar-refractivity contribution in [2.45, 2.75) is 6.92 Å². The van der Waals surface area contributed by atoms with E-state index in [1.807, 2.05) is 48.0 Å². The molecule has 0 fully saturated rings. The average Bonchev–Trinajstić information content (AvgIpc) is 3.21. The van der Waals surface area contributed by atoms with E-state index in [0.717, 1.165) is 11.2 Å². The molecule has 0 unspecified atom stereocenters. The molecule has 4 aromatic heterocycles. The highest BCUT2D eigenvalue weighted by atomic mass is 35.5. The fourth-order valence-corrected chi connectivity index (χ4v) is 3.46. The lowest BCUT2D eigenvalue weighted by Crippen LogP contribution is -2.15. The fourth-order valence-electron chi connectivity index (χ4n) is 3.31. The number of halogens is 1.